The smallest absolute Gasteiger partial charge is 0.259 e. The first-order chi connectivity index (χ1) is 16.1. The molecule has 158 valence electrons. The summed E-state index contributed by atoms with van der Waals surface area (Å²) < 4.78 is 11.2. The van der Waals surface area contributed by atoms with Gasteiger partial charge in [-0.2, -0.15) is 4.57 Å². The topological polar surface area (TPSA) is 21.9 Å². The minimum Gasteiger partial charge on any atom is -0.455 e. The molecule has 0 aliphatic rings. The van der Waals surface area contributed by atoms with Crippen LogP contribution in [-0.4, -0.2) is 4.57 Å². The Morgan fingerprint density at radius 3 is 2.36 bits per heavy atom. The summed E-state index contributed by atoms with van der Waals surface area (Å²) in [5.74, 6) is 1.19. The van der Waals surface area contributed by atoms with E-state index in [1.807, 2.05) is 0 Å². The standard InChI is InChI=1S/C30H23N2O/c1-18-8-4-7-11-25(18)32-19(2)31(3)26-17-28-24(16-27(26)32)23-15-14-21-13-12-20-9-5-6-10-22(20)29(21)30(23)33-28/h4-17H,1-3H3/q+1. The van der Waals surface area contributed by atoms with Crippen LogP contribution in [0.4, 0.5) is 0 Å². The number of para-hydroxylation sites is 1. The van der Waals surface area contributed by atoms with Gasteiger partial charge in [0.2, 0.25) is 0 Å². The highest BCUT2D eigenvalue weighted by atomic mass is 16.3. The van der Waals surface area contributed by atoms with Crippen LogP contribution >= 0.6 is 0 Å². The third-order valence-electron chi connectivity index (χ3n) is 7.21. The van der Waals surface area contributed by atoms with Crippen molar-refractivity contribution >= 4 is 54.5 Å². The number of hydrogen-bond donors (Lipinski definition) is 0. The van der Waals surface area contributed by atoms with Crippen LogP contribution < -0.4 is 4.57 Å². The van der Waals surface area contributed by atoms with E-state index in [0.717, 1.165) is 27.5 Å². The van der Waals surface area contributed by atoms with Gasteiger partial charge in [-0.25, -0.2) is 4.57 Å². The summed E-state index contributed by atoms with van der Waals surface area (Å²) in [6.07, 6.45) is 0. The predicted molar refractivity (Wildman–Crippen MR) is 136 cm³/mol. The average molecular weight is 428 g/mol. The number of rotatable bonds is 1. The highest BCUT2D eigenvalue weighted by Crippen LogP contribution is 2.39. The first-order valence-electron chi connectivity index (χ1n) is 11.4. The molecule has 0 spiro atoms. The lowest BCUT2D eigenvalue weighted by Gasteiger charge is -2.04. The molecule has 0 saturated heterocycles. The fraction of sp³-hybridized carbons (Fsp3) is 0.100. The van der Waals surface area contributed by atoms with Crippen LogP contribution in [0.25, 0.3) is 60.2 Å². The van der Waals surface area contributed by atoms with Crippen LogP contribution in [0, 0.1) is 13.8 Å². The van der Waals surface area contributed by atoms with Gasteiger partial charge in [-0.05, 0) is 40.8 Å². The molecule has 0 unspecified atom stereocenters. The van der Waals surface area contributed by atoms with Gasteiger partial charge >= 0.3 is 0 Å². The van der Waals surface area contributed by atoms with Gasteiger partial charge in [0, 0.05) is 35.2 Å². The van der Waals surface area contributed by atoms with Gasteiger partial charge in [0.1, 0.15) is 16.9 Å². The Labute approximate surface area is 191 Å². The normalized spacial score (nSPS) is 12.1. The molecule has 0 bridgehead atoms. The monoisotopic (exact) mass is 427 g/mol. The molecule has 0 aliphatic heterocycles. The second kappa shape index (κ2) is 6.46. The summed E-state index contributed by atoms with van der Waals surface area (Å²) in [4.78, 5) is 0. The molecular weight excluding hydrogens is 404 g/mol. The van der Waals surface area contributed by atoms with Crippen LogP contribution in [0.15, 0.2) is 89.3 Å². The first-order valence-corrected chi connectivity index (χ1v) is 11.4. The van der Waals surface area contributed by atoms with E-state index >= 15 is 0 Å². The van der Waals surface area contributed by atoms with Gasteiger partial charge in [0.25, 0.3) is 5.82 Å². The molecule has 2 aromatic heterocycles. The number of nitrogens with zero attached hydrogens (tertiary/aromatic N) is 2. The predicted octanol–water partition coefficient (Wildman–Crippen LogP) is 7.28. The van der Waals surface area contributed by atoms with E-state index in [2.05, 4.69) is 115 Å². The number of hydrogen-bond acceptors (Lipinski definition) is 1. The van der Waals surface area contributed by atoms with Crippen molar-refractivity contribution in [3.8, 4) is 5.69 Å². The fourth-order valence-corrected chi connectivity index (χ4v) is 5.41. The summed E-state index contributed by atoms with van der Waals surface area (Å²) in [6.45, 7) is 4.34. The van der Waals surface area contributed by atoms with Crippen molar-refractivity contribution in [2.45, 2.75) is 13.8 Å². The van der Waals surface area contributed by atoms with Crippen LogP contribution in [0.2, 0.25) is 0 Å². The van der Waals surface area contributed by atoms with E-state index in [1.165, 1.54) is 44.1 Å². The number of furan rings is 1. The van der Waals surface area contributed by atoms with Crippen molar-refractivity contribution in [3.63, 3.8) is 0 Å². The van der Waals surface area contributed by atoms with E-state index in [-0.39, 0.29) is 0 Å². The SMILES string of the molecule is Cc1ccccc1-n1c(C)[n+](C)c2cc3oc4c(ccc5ccc6ccccc6c54)c3cc21. The molecule has 0 amide bonds. The van der Waals surface area contributed by atoms with Crippen LogP contribution in [0.5, 0.6) is 0 Å². The Morgan fingerprint density at radius 2 is 1.48 bits per heavy atom. The Bertz CT molecular complexity index is 1900. The Kier molecular flexibility index (Phi) is 3.61. The number of fused-ring (bicyclic) bond motifs is 8. The van der Waals surface area contributed by atoms with Crippen LogP contribution in [0.3, 0.4) is 0 Å². The molecule has 7 rings (SSSR count). The minimum absolute atomic E-state index is 0.926. The van der Waals surface area contributed by atoms with Crippen molar-refractivity contribution in [3.05, 3.63) is 96.3 Å². The second-order valence-electron chi connectivity index (χ2n) is 8.99. The maximum atomic E-state index is 6.59. The van der Waals surface area contributed by atoms with Gasteiger partial charge in [-0.15, -0.1) is 0 Å². The molecule has 0 saturated carbocycles. The first kappa shape index (κ1) is 18.5. The molecule has 0 fully saturated rings. The Morgan fingerprint density at radius 1 is 0.727 bits per heavy atom. The van der Waals surface area contributed by atoms with Crippen molar-refractivity contribution in [2.24, 2.45) is 7.05 Å². The lowest BCUT2D eigenvalue weighted by atomic mass is 9.99. The zero-order valence-corrected chi connectivity index (χ0v) is 18.9. The van der Waals surface area contributed by atoms with E-state index in [9.17, 15) is 0 Å². The molecule has 0 atom stereocenters. The third kappa shape index (κ3) is 2.42. The van der Waals surface area contributed by atoms with E-state index in [0.29, 0.717) is 0 Å². The lowest BCUT2D eigenvalue weighted by molar-refractivity contribution is -0.652. The maximum Gasteiger partial charge on any atom is 0.259 e. The largest absolute Gasteiger partial charge is 0.455 e. The minimum atomic E-state index is 0.926. The van der Waals surface area contributed by atoms with E-state index in [4.69, 9.17) is 4.42 Å². The van der Waals surface area contributed by atoms with Crippen molar-refractivity contribution in [1.82, 2.24) is 4.57 Å². The van der Waals surface area contributed by atoms with Crippen molar-refractivity contribution < 1.29 is 8.98 Å². The molecule has 2 heterocycles. The van der Waals surface area contributed by atoms with Crippen LogP contribution in [0.1, 0.15) is 11.4 Å². The van der Waals surface area contributed by atoms with Gasteiger partial charge in [-0.3, -0.25) is 0 Å². The van der Waals surface area contributed by atoms with E-state index in [1.54, 1.807) is 0 Å². The van der Waals surface area contributed by atoms with Crippen LogP contribution in [-0.2, 0) is 7.05 Å². The zero-order valence-electron chi connectivity index (χ0n) is 18.9. The molecule has 0 N–H and O–H groups in total. The Hall–Kier alpha value is -4.11. The summed E-state index contributed by atoms with van der Waals surface area (Å²) in [7, 11) is 2.13. The molecule has 0 radical (unpaired) electrons. The second-order valence-corrected chi connectivity index (χ2v) is 8.99. The quantitative estimate of drug-likeness (QED) is 0.199. The summed E-state index contributed by atoms with van der Waals surface area (Å²) in [5.41, 5.74) is 6.72. The van der Waals surface area contributed by atoms with Gasteiger partial charge < -0.3 is 4.42 Å². The molecule has 3 nitrogen and oxygen atoms in total. The van der Waals surface area contributed by atoms with E-state index < -0.39 is 0 Å². The van der Waals surface area contributed by atoms with Crippen molar-refractivity contribution in [1.29, 1.82) is 0 Å². The van der Waals surface area contributed by atoms with Gasteiger partial charge in [0.15, 0.2) is 11.0 Å². The van der Waals surface area contributed by atoms with Crippen molar-refractivity contribution in [2.75, 3.05) is 0 Å². The zero-order chi connectivity index (χ0) is 22.3. The summed E-state index contributed by atoms with van der Waals surface area (Å²) in [6, 6.07) is 30.4. The Balaban J connectivity index is 1.65. The highest BCUT2D eigenvalue weighted by molar-refractivity contribution is 6.23. The van der Waals surface area contributed by atoms with Gasteiger partial charge in [0.05, 0.1) is 7.05 Å². The highest BCUT2D eigenvalue weighted by Gasteiger charge is 2.24. The number of imidazole rings is 1. The van der Waals surface area contributed by atoms with Gasteiger partial charge in [-0.1, -0.05) is 60.7 Å². The lowest BCUT2D eigenvalue weighted by Crippen LogP contribution is -2.30. The number of aryl methyl sites for hydroxylation is 2. The molecule has 5 aromatic carbocycles. The average Bonchev–Trinajstić information content (AvgIpc) is 3.32. The molecule has 3 heteroatoms. The molecule has 7 aromatic rings. The maximum absolute atomic E-state index is 6.59. The molecule has 0 aliphatic carbocycles. The summed E-state index contributed by atoms with van der Waals surface area (Å²) >= 11 is 0. The fourth-order valence-electron chi connectivity index (χ4n) is 5.41. The number of benzene rings is 5. The molecular formula is C30H23N2O+. The molecule has 33 heavy (non-hydrogen) atoms. The summed E-state index contributed by atoms with van der Waals surface area (Å²) in [5, 5.41) is 7.17. The number of aromatic nitrogens is 2. The third-order valence-corrected chi connectivity index (χ3v) is 7.21.